The van der Waals surface area contributed by atoms with Crippen molar-refractivity contribution < 1.29 is 38.2 Å². The summed E-state index contributed by atoms with van der Waals surface area (Å²) in [5, 5.41) is 40.9. The van der Waals surface area contributed by atoms with Crippen LogP contribution in [0.25, 0.3) is 0 Å². The van der Waals surface area contributed by atoms with Gasteiger partial charge in [0.05, 0.1) is 22.5 Å². The minimum Gasteiger partial charge on any atom is -0.378 e. The predicted molar refractivity (Wildman–Crippen MR) is 267 cm³/mol. The van der Waals surface area contributed by atoms with Gasteiger partial charge < -0.3 is 31.5 Å². The second-order valence-corrected chi connectivity index (χ2v) is 20.3. The first kappa shape index (κ1) is 53.9. The van der Waals surface area contributed by atoms with Crippen LogP contribution in [0, 0.1) is 11.6 Å². The second kappa shape index (κ2) is 21.7. The summed E-state index contributed by atoms with van der Waals surface area (Å²) in [4.78, 5) is 50.9. The molecule has 0 saturated heterocycles. The molecule has 0 saturated carbocycles. The normalized spacial score (nSPS) is 13.7. The fourth-order valence-electron chi connectivity index (χ4n) is 7.40. The summed E-state index contributed by atoms with van der Waals surface area (Å²) in [6.45, 7) is 22.6. The summed E-state index contributed by atoms with van der Waals surface area (Å²) in [5.74, 6) is -2.74. The molecular weight excluding hydrogens is 895 g/mol. The SMILES string of the molecule is CC(NC(=O)C(O)c1ccccc1)C(=O)Nc1cc(C(C)(C)c2cc(F)cc(F)c2)nn1C(C)(C)C.CC(NC(=O)C(O)c1ccccc1)C(=O)Nc1cc(C(C)(C)c2ccccc2)nn1C(C)(C)C. The lowest BCUT2D eigenvalue weighted by Gasteiger charge is -2.25. The van der Waals surface area contributed by atoms with E-state index in [0.29, 0.717) is 34.0 Å². The molecule has 0 aliphatic heterocycles. The highest BCUT2D eigenvalue weighted by Crippen LogP contribution is 2.36. The quantitative estimate of drug-likeness (QED) is 0.0626. The molecule has 0 radical (unpaired) electrons. The highest BCUT2D eigenvalue weighted by Gasteiger charge is 2.34. The zero-order valence-electron chi connectivity index (χ0n) is 41.9. The molecular formula is C54H66F2N8O6. The van der Waals surface area contributed by atoms with Crippen molar-refractivity contribution in [1.82, 2.24) is 30.2 Å². The standard InChI is InChI=1S/C27H32F2N4O3.C27H34N4O3/c1-16(30-25(36)23(34)17-10-8-7-9-11-17)24(35)31-22-15-21(32-33(22)26(2,3)4)27(5,6)18-12-19(28)14-20(29)13-18;1-18(28-25(34)23(32)19-13-9-7-10-14-19)24(33)29-22-17-21(30-31(22)26(2,3)4)27(5,6)20-15-11-8-12-16-20/h7-16,23,34H,1-6H3,(H,30,36)(H,31,35);7-18,23,32H,1-6H3,(H,28,34)(H,29,33). The van der Waals surface area contributed by atoms with Crippen LogP contribution in [0.2, 0.25) is 0 Å². The summed E-state index contributed by atoms with van der Waals surface area (Å²) in [6.07, 6.45) is -2.77. The van der Waals surface area contributed by atoms with Gasteiger partial charge in [-0.3, -0.25) is 19.2 Å². The molecule has 4 unspecified atom stereocenters. The molecule has 372 valence electrons. The van der Waals surface area contributed by atoms with Crippen molar-refractivity contribution in [1.29, 1.82) is 0 Å². The molecule has 14 nitrogen and oxygen atoms in total. The van der Waals surface area contributed by atoms with Crippen LogP contribution < -0.4 is 21.3 Å². The van der Waals surface area contributed by atoms with Gasteiger partial charge >= 0.3 is 0 Å². The van der Waals surface area contributed by atoms with Crippen molar-refractivity contribution >= 4 is 35.3 Å². The highest BCUT2D eigenvalue weighted by molar-refractivity contribution is 5.98. The first-order valence-corrected chi connectivity index (χ1v) is 23.0. The number of nitrogens with zero attached hydrogens (tertiary/aromatic N) is 4. The van der Waals surface area contributed by atoms with Crippen LogP contribution in [-0.2, 0) is 41.1 Å². The summed E-state index contributed by atoms with van der Waals surface area (Å²) >= 11 is 0. The number of halogens is 2. The maximum atomic E-state index is 13.9. The first-order chi connectivity index (χ1) is 32.6. The number of hydrogen-bond acceptors (Lipinski definition) is 8. The molecule has 0 bridgehead atoms. The summed E-state index contributed by atoms with van der Waals surface area (Å²) < 4.78 is 31.2. The van der Waals surface area contributed by atoms with Gasteiger partial charge in [-0.2, -0.15) is 10.2 Å². The second-order valence-electron chi connectivity index (χ2n) is 20.3. The molecule has 4 aromatic carbocycles. The van der Waals surface area contributed by atoms with Crippen LogP contribution in [0.15, 0.2) is 121 Å². The van der Waals surface area contributed by atoms with E-state index in [0.717, 1.165) is 17.3 Å². The number of aromatic nitrogens is 4. The molecule has 6 N–H and O–H groups in total. The zero-order valence-corrected chi connectivity index (χ0v) is 41.9. The van der Waals surface area contributed by atoms with Gasteiger partial charge in [-0.15, -0.1) is 0 Å². The van der Waals surface area contributed by atoms with E-state index >= 15 is 0 Å². The van der Waals surface area contributed by atoms with Gasteiger partial charge in [-0.1, -0.05) is 119 Å². The third-order valence-electron chi connectivity index (χ3n) is 11.8. The molecule has 0 aliphatic carbocycles. The van der Waals surface area contributed by atoms with Crippen molar-refractivity contribution in [2.24, 2.45) is 0 Å². The largest absolute Gasteiger partial charge is 0.378 e. The van der Waals surface area contributed by atoms with E-state index in [1.165, 1.54) is 19.1 Å². The van der Waals surface area contributed by atoms with Crippen molar-refractivity contribution in [3.8, 4) is 0 Å². The molecule has 70 heavy (non-hydrogen) atoms. The third kappa shape index (κ3) is 13.2. The minimum atomic E-state index is -1.42. The number of aliphatic hydroxyl groups is 2. The van der Waals surface area contributed by atoms with Gasteiger partial charge in [0.1, 0.15) is 35.4 Å². The van der Waals surface area contributed by atoms with Crippen LogP contribution >= 0.6 is 0 Å². The Morgan fingerprint density at radius 1 is 0.486 bits per heavy atom. The molecule has 4 amide bonds. The van der Waals surface area contributed by atoms with Gasteiger partial charge in [0.15, 0.2) is 12.2 Å². The fraction of sp³-hybridized carbons (Fsp3) is 0.370. The molecule has 0 fully saturated rings. The van der Waals surface area contributed by atoms with Crippen LogP contribution in [-0.4, -0.2) is 65.5 Å². The number of hydrogen-bond donors (Lipinski definition) is 6. The molecule has 2 aromatic heterocycles. The number of rotatable bonds is 14. The Hall–Kier alpha value is -7.04. The monoisotopic (exact) mass is 961 g/mol. The van der Waals surface area contributed by atoms with Crippen molar-refractivity contribution in [2.45, 2.75) is 129 Å². The van der Waals surface area contributed by atoms with Gasteiger partial charge in [0.25, 0.3) is 11.8 Å². The fourth-order valence-corrected chi connectivity index (χ4v) is 7.40. The Morgan fingerprint density at radius 3 is 1.16 bits per heavy atom. The van der Waals surface area contributed by atoms with Crippen molar-refractivity contribution in [3.63, 3.8) is 0 Å². The summed E-state index contributed by atoms with van der Waals surface area (Å²) in [6, 6.07) is 32.1. The predicted octanol–water partition coefficient (Wildman–Crippen LogP) is 8.56. The molecule has 6 rings (SSSR count). The number of carbonyl (C=O) groups is 4. The summed E-state index contributed by atoms with van der Waals surface area (Å²) in [7, 11) is 0. The molecule has 6 aromatic rings. The molecule has 0 aliphatic rings. The third-order valence-corrected chi connectivity index (χ3v) is 11.8. The van der Waals surface area contributed by atoms with Crippen molar-refractivity contribution in [3.05, 3.63) is 167 Å². The van der Waals surface area contributed by atoms with Crippen molar-refractivity contribution in [2.75, 3.05) is 10.6 Å². The van der Waals surface area contributed by atoms with E-state index in [1.54, 1.807) is 96.9 Å². The molecule has 2 heterocycles. The zero-order chi connectivity index (χ0) is 51.9. The smallest absolute Gasteiger partial charge is 0.254 e. The van der Waals surface area contributed by atoms with Crippen LogP contribution in [0.1, 0.15) is 129 Å². The Bertz CT molecular complexity index is 2740. The Morgan fingerprint density at radius 2 is 0.814 bits per heavy atom. The average Bonchev–Trinajstić information content (AvgIpc) is 3.96. The minimum absolute atomic E-state index is 0.358. The Balaban J connectivity index is 0.000000261. The number of amides is 4. The molecule has 4 atom stereocenters. The number of aliphatic hydroxyl groups excluding tert-OH is 2. The van der Waals surface area contributed by atoms with E-state index in [4.69, 9.17) is 5.10 Å². The van der Waals surface area contributed by atoms with Crippen LogP contribution in [0.5, 0.6) is 0 Å². The van der Waals surface area contributed by atoms with Gasteiger partial charge in [-0.05, 0) is 89.8 Å². The Labute approximate surface area is 408 Å². The number of nitrogens with one attached hydrogen (secondary N) is 4. The first-order valence-electron chi connectivity index (χ1n) is 23.0. The van der Waals surface area contributed by atoms with Gasteiger partial charge in [0.2, 0.25) is 11.8 Å². The molecule has 0 spiro atoms. The number of anilines is 2. The van der Waals surface area contributed by atoms with Crippen LogP contribution in [0.3, 0.4) is 0 Å². The Kier molecular flexibility index (Phi) is 16.7. The van der Waals surface area contributed by atoms with E-state index in [-0.39, 0.29) is 11.0 Å². The lowest BCUT2D eigenvalue weighted by Crippen LogP contribution is -2.44. The van der Waals surface area contributed by atoms with E-state index < -0.39 is 70.5 Å². The van der Waals surface area contributed by atoms with Gasteiger partial charge in [0, 0.05) is 29.0 Å². The molecule has 16 heteroatoms. The van der Waals surface area contributed by atoms with E-state index in [9.17, 15) is 38.2 Å². The lowest BCUT2D eigenvalue weighted by molar-refractivity contribution is -0.132. The van der Waals surface area contributed by atoms with Crippen LogP contribution in [0.4, 0.5) is 20.4 Å². The number of benzene rings is 4. The van der Waals surface area contributed by atoms with Gasteiger partial charge in [-0.25, -0.2) is 18.1 Å². The summed E-state index contributed by atoms with van der Waals surface area (Å²) in [5.41, 5.74) is 1.52. The maximum absolute atomic E-state index is 13.9. The van der Waals surface area contributed by atoms with E-state index in [1.807, 2.05) is 65.8 Å². The van der Waals surface area contributed by atoms with E-state index in [2.05, 4.69) is 52.3 Å². The highest BCUT2D eigenvalue weighted by atomic mass is 19.1. The number of carbonyl (C=O) groups excluding carboxylic acids is 4. The average molecular weight is 961 g/mol. The topological polar surface area (TPSA) is 192 Å². The maximum Gasteiger partial charge on any atom is 0.254 e. The lowest BCUT2D eigenvalue weighted by atomic mass is 9.81.